The molecule has 1 atom stereocenters. The van der Waals surface area contributed by atoms with E-state index in [1.54, 1.807) is 44.9 Å². The van der Waals surface area contributed by atoms with E-state index in [0.717, 1.165) is 4.57 Å². The standard InChI is InChI=1S/C27H30ClF2N5O4/c1-13(2)20-21(14(3)7-8-31-20)35-22-16-23(19(30)17(28)18(22)29)38-12-15-11-33(26(37)39-27(4,5)6)9-10-34(15)24(16)32-25(35)36/h7-8,13,15H,9-12H2,1-6H3/t15-/m1/s1. The molecule has 0 radical (unpaired) electrons. The van der Waals surface area contributed by atoms with E-state index in [9.17, 15) is 9.59 Å². The van der Waals surface area contributed by atoms with Crippen molar-refractivity contribution in [1.82, 2.24) is 19.4 Å². The second-order valence-corrected chi connectivity index (χ2v) is 11.5. The molecule has 0 N–H and O–H groups in total. The molecule has 0 spiro atoms. The van der Waals surface area contributed by atoms with Gasteiger partial charge in [-0.2, -0.15) is 4.98 Å². The fourth-order valence-electron chi connectivity index (χ4n) is 5.12. The van der Waals surface area contributed by atoms with Gasteiger partial charge in [-0.3, -0.25) is 9.55 Å². The van der Waals surface area contributed by atoms with E-state index in [-0.39, 0.29) is 54.6 Å². The van der Waals surface area contributed by atoms with Crippen LogP contribution >= 0.6 is 11.6 Å². The highest BCUT2D eigenvalue weighted by atomic mass is 35.5. The van der Waals surface area contributed by atoms with Crippen molar-refractivity contribution in [3.8, 4) is 11.4 Å². The van der Waals surface area contributed by atoms with E-state index in [4.69, 9.17) is 21.1 Å². The lowest BCUT2D eigenvalue weighted by molar-refractivity contribution is 0.0201. The Balaban J connectivity index is 1.73. The van der Waals surface area contributed by atoms with Crippen molar-refractivity contribution < 1.29 is 23.0 Å². The predicted octanol–water partition coefficient (Wildman–Crippen LogP) is 4.96. The maximum absolute atomic E-state index is 15.9. The highest BCUT2D eigenvalue weighted by Crippen LogP contribution is 2.44. The number of benzene rings is 1. The first-order valence-electron chi connectivity index (χ1n) is 12.8. The third-order valence-corrected chi connectivity index (χ3v) is 7.18. The van der Waals surface area contributed by atoms with E-state index in [1.165, 1.54) is 4.90 Å². The Kier molecular flexibility index (Phi) is 6.69. The minimum atomic E-state index is -1.10. The summed E-state index contributed by atoms with van der Waals surface area (Å²) in [5, 5.41) is -0.786. The molecule has 1 fully saturated rings. The molecule has 39 heavy (non-hydrogen) atoms. The Morgan fingerprint density at radius 2 is 1.95 bits per heavy atom. The Hall–Kier alpha value is -3.47. The monoisotopic (exact) mass is 561 g/mol. The molecule has 9 nitrogen and oxygen atoms in total. The summed E-state index contributed by atoms with van der Waals surface area (Å²) in [7, 11) is 0. The van der Waals surface area contributed by atoms with Gasteiger partial charge in [0.25, 0.3) is 0 Å². The number of aryl methyl sites for hydroxylation is 1. The van der Waals surface area contributed by atoms with Crippen LogP contribution in [-0.4, -0.2) is 63.4 Å². The highest BCUT2D eigenvalue weighted by Gasteiger charge is 2.39. The van der Waals surface area contributed by atoms with Gasteiger partial charge in [-0.25, -0.2) is 18.4 Å². The van der Waals surface area contributed by atoms with Crippen molar-refractivity contribution in [2.24, 2.45) is 0 Å². The summed E-state index contributed by atoms with van der Waals surface area (Å²) in [6, 6.07) is 1.20. The summed E-state index contributed by atoms with van der Waals surface area (Å²) in [4.78, 5) is 38.5. The minimum absolute atomic E-state index is 0.000164. The lowest BCUT2D eigenvalue weighted by atomic mass is 10.0. The van der Waals surface area contributed by atoms with E-state index in [0.29, 0.717) is 16.9 Å². The smallest absolute Gasteiger partial charge is 0.410 e. The number of carbonyl (C=O) groups is 1. The minimum Gasteiger partial charge on any atom is -0.487 e. The number of hydrogen-bond acceptors (Lipinski definition) is 7. The zero-order valence-corrected chi connectivity index (χ0v) is 23.4. The molecular formula is C27H30ClF2N5O4. The number of amides is 1. The van der Waals surface area contributed by atoms with Gasteiger partial charge in [-0.1, -0.05) is 25.4 Å². The van der Waals surface area contributed by atoms with Crippen molar-refractivity contribution in [3.63, 3.8) is 0 Å². The van der Waals surface area contributed by atoms with Crippen LogP contribution in [0, 0.1) is 18.6 Å². The fourth-order valence-corrected chi connectivity index (χ4v) is 5.30. The molecular weight excluding hydrogens is 532 g/mol. The molecule has 12 heteroatoms. The first-order chi connectivity index (χ1) is 18.3. The molecule has 0 aliphatic carbocycles. The number of piperazine rings is 1. The van der Waals surface area contributed by atoms with E-state index in [1.807, 2.05) is 13.8 Å². The SMILES string of the molecule is Cc1ccnc(C(C)C)c1-n1c(=O)nc2c3c(c(F)c(Cl)c(F)c31)OC[C@H]1CN(C(=O)OC(C)(C)C)CCN21. The van der Waals surface area contributed by atoms with Crippen molar-refractivity contribution in [2.45, 2.75) is 59.1 Å². The van der Waals surface area contributed by atoms with Gasteiger partial charge < -0.3 is 19.3 Å². The van der Waals surface area contributed by atoms with Gasteiger partial charge in [-0.05, 0) is 45.2 Å². The number of halogens is 3. The molecule has 0 unspecified atom stereocenters. The summed E-state index contributed by atoms with van der Waals surface area (Å²) in [6.45, 7) is 11.5. The van der Waals surface area contributed by atoms with Crippen LogP contribution in [0.3, 0.4) is 0 Å². The normalized spacial score (nSPS) is 17.2. The molecule has 2 aliphatic rings. The van der Waals surface area contributed by atoms with Crippen molar-refractivity contribution in [1.29, 1.82) is 0 Å². The van der Waals surface area contributed by atoms with E-state index in [2.05, 4.69) is 9.97 Å². The number of anilines is 1. The van der Waals surface area contributed by atoms with Gasteiger partial charge >= 0.3 is 11.8 Å². The second-order valence-electron chi connectivity index (χ2n) is 11.1. The average Bonchev–Trinajstić information content (AvgIpc) is 3.01. The van der Waals surface area contributed by atoms with Gasteiger partial charge in [0, 0.05) is 25.8 Å². The second kappa shape index (κ2) is 9.62. The maximum atomic E-state index is 15.9. The summed E-state index contributed by atoms with van der Waals surface area (Å²) in [5.74, 6) is -2.50. The molecule has 208 valence electrons. The quantitative estimate of drug-likeness (QED) is 0.408. The molecule has 0 saturated carbocycles. The Morgan fingerprint density at radius 1 is 1.23 bits per heavy atom. The number of aromatic nitrogens is 3. The Bertz CT molecular complexity index is 1550. The van der Waals surface area contributed by atoms with Crippen LogP contribution in [-0.2, 0) is 4.74 Å². The van der Waals surface area contributed by atoms with Crippen LogP contribution in [0.4, 0.5) is 19.4 Å². The zero-order valence-electron chi connectivity index (χ0n) is 22.6. The average molecular weight is 562 g/mol. The molecule has 3 aromatic rings. The van der Waals surface area contributed by atoms with Crippen LogP contribution in [0.1, 0.15) is 51.8 Å². The van der Waals surface area contributed by atoms with Gasteiger partial charge in [-0.15, -0.1) is 0 Å². The lowest BCUT2D eigenvalue weighted by Crippen LogP contribution is -2.57. The summed E-state index contributed by atoms with van der Waals surface area (Å²) >= 11 is 6.14. The van der Waals surface area contributed by atoms with Crippen LogP contribution in [0.15, 0.2) is 17.1 Å². The first-order valence-corrected chi connectivity index (χ1v) is 13.1. The Morgan fingerprint density at radius 3 is 2.62 bits per heavy atom. The van der Waals surface area contributed by atoms with E-state index < -0.39 is 40.1 Å². The fraction of sp³-hybridized carbons (Fsp3) is 0.481. The number of pyridine rings is 1. The third-order valence-electron chi connectivity index (χ3n) is 6.85. The van der Waals surface area contributed by atoms with Crippen LogP contribution in [0.2, 0.25) is 5.02 Å². The maximum Gasteiger partial charge on any atom is 0.410 e. The third kappa shape index (κ3) is 4.56. The molecule has 1 saturated heterocycles. The first kappa shape index (κ1) is 27.1. The molecule has 2 aromatic heterocycles. The van der Waals surface area contributed by atoms with Crippen LogP contribution < -0.4 is 15.3 Å². The van der Waals surface area contributed by atoms with Crippen LogP contribution in [0.25, 0.3) is 16.6 Å². The predicted molar refractivity (Wildman–Crippen MR) is 143 cm³/mol. The number of hydrogen-bond donors (Lipinski definition) is 0. The number of ether oxygens (including phenoxy) is 2. The number of rotatable bonds is 2. The lowest BCUT2D eigenvalue weighted by Gasteiger charge is -2.41. The largest absolute Gasteiger partial charge is 0.487 e. The number of fused-ring (bicyclic) bond motifs is 2. The van der Waals surface area contributed by atoms with Gasteiger partial charge in [0.2, 0.25) is 0 Å². The Labute approximate surface area is 229 Å². The van der Waals surface area contributed by atoms with Gasteiger partial charge in [0.05, 0.1) is 22.8 Å². The number of nitrogens with zero attached hydrogens (tertiary/aromatic N) is 5. The molecule has 2 aliphatic heterocycles. The van der Waals surface area contributed by atoms with Crippen LogP contribution in [0.5, 0.6) is 5.75 Å². The zero-order chi connectivity index (χ0) is 28.4. The molecule has 0 bridgehead atoms. The van der Waals surface area contributed by atoms with E-state index >= 15 is 8.78 Å². The van der Waals surface area contributed by atoms with Crippen molar-refractivity contribution in [2.75, 3.05) is 31.1 Å². The van der Waals surface area contributed by atoms with Gasteiger partial charge in [0.15, 0.2) is 17.4 Å². The molecule has 5 rings (SSSR count). The van der Waals surface area contributed by atoms with Gasteiger partial charge in [0.1, 0.15) is 28.6 Å². The molecule has 4 heterocycles. The number of carbonyl (C=O) groups excluding carboxylic acids is 1. The topological polar surface area (TPSA) is 89.8 Å². The summed E-state index contributed by atoms with van der Waals surface area (Å²) < 4.78 is 43.9. The molecule has 1 amide bonds. The van der Waals surface area contributed by atoms with Crippen molar-refractivity contribution in [3.05, 3.63) is 50.7 Å². The summed E-state index contributed by atoms with van der Waals surface area (Å²) in [5.41, 5.74) is -0.113. The highest BCUT2D eigenvalue weighted by molar-refractivity contribution is 6.32. The molecule has 1 aromatic carbocycles. The summed E-state index contributed by atoms with van der Waals surface area (Å²) in [6.07, 6.45) is 1.12. The van der Waals surface area contributed by atoms with Crippen molar-refractivity contribution >= 4 is 34.4 Å².